The number of morpholine rings is 1. The van der Waals surface area contributed by atoms with Gasteiger partial charge in [-0.15, -0.1) is 0 Å². The number of nitrogens with zero attached hydrogens (tertiary/aromatic N) is 2. The van der Waals surface area contributed by atoms with Crippen LogP contribution in [-0.2, 0) is 9.53 Å². The number of carbonyl (C=O) groups excluding carboxylic acids is 1. The van der Waals surface area contributed by atoms with E-state index >= 15 is 0 Å². The number of carboxylic acids is 1. The van der Waals surface area contributed by atoms with Gasteiger partial charge in [0, 0.05) is 38.6 Å². The van der Waals surface area contributed by atoms with Crippen molar-refractivity contribution in [2.75, 3.05) is 45.9 Å². The molecule has 0 bridgehead atoms. The first-order valence-electron chi connectivity index (χ1n) is 10.7. The maximum Gasteiger partial charge on any atom is 0.317 e. The number of aliphatic carboxylic acids is 1. The van der Waals surface area contributed by atoms with Crippen molar-refractivity contribution in [1.29, 1.82) is 0 Å². The van der Waals surface area contributed by atoms with Crippen LogP contribution in [0.5, 0.6) is 0 Å². The van der Waals surface area contributed by atoms with E-state index in [1.165, 1.54) is 19.3 Å². The summed E-state index contributed by atoms with van der Waals surface area (Å²) in [5.74, 6) is -0.298. The van der Waals surface area contributed by atoms with Gasteiger partial charge in [0.15, 0.2) is 0 Å². The summed E-state index contributed by atoms with van der Waals surface area (Å²) in [5, 5.41) is 12.5. The fraction of sp³-hybridized carbons (Fsp3) is 0.900. The molecule has 0 radical (unpaired) electrons. The monoisotopic (exact) mass is 381 g/mol. The van der Waals surface area contributed by atoms with Crippen LogP contribution in [0.2, 0.25) is 0 Å². The molecule has 27 heavy (non-hydrogen) atoms. The van der Waals surface area contributed by atoms with Crippen LogP contribution in [0.15, 0.2) is 0 Å². The molecule has 2 heterocycles. The molecule has 0 aromatic carbocycles. The maximum absolute atomic E-state index is 12.7. The van der Waals surface area contributed by atoms with Gasteiger partial charge in [0.1, 0.15) is 0 Å². The lowest BCUT2D eigenvalue weighted by molar-refractivity contribution is -0.139. The largest absolute Gasteiger partial charge is 0.481 e. The lowest BCUT2D eigenvalue weighted by Gasteiger charge is -2.40. The average Bonchev–Trinajstić information content (AvgIpc) is 2.68. The minimum absolute atomic E-state index is 0.0482. The highest BCUT2D eigenvalue weighted by Crippen LogP contribution is 2.30. The molecule has 3 rings (SSSR count). The summed E-state index contributed by atoms with van der Waals surface area (Å²) in [4.78, 5) is 28.3. The van der Waals surface area contributed by atoms with Crippen molar-refractivity contribution < 1.29 is 19.4 Å². The summed E-state index contributed by atoms with van der Waals surface area (Å²) in [6.07, 6.45) is 7.80. The van der Waals surface area contributed by atoms with Crippen LogP contribution >= 0.6 is 0 Å². The van der Waals surface area contributed by atoms with Gasteiger partial charge in [-0.3, -0.25) is 9.69 Å². The predicted molar refractivity (Wildman–Crippen MR) is 103 cm³/mol. The van der Waals surface area contributed by atoms with Crippen LogP contribution in [0.3, 0.4) is 0 Å². The Bertz CT molecular complexity index is 490. The van der Waals surface area contributed by atoms with Gasteiger partial charge < -0.3 is 20.1 Å². The van der Waals surface area contributed by atoms with Gasteiger partial charge in [-0.2, -0.15) is 0 Å². The fourth-order valence-corrected chi connectivity index (χ4v) is 4.77. The summed E-state index contributed by atoms with van der Waals surface area (Å²) < 4.78 is 5.41. The number of rotatable bonds is 6. The molecule has 2 N–H and O–H groups in total. The summed E-state index contributed by atoms with van der Waals surface area (Å²) in [6, 6.07) is 0.363. The molecule has 3 fully saturated rings. The molecular weight excluding hydrogens is 346 g/mol. The zero-order chi connectivity index (χ0) is 19.1. The van der Waals surface area contributed by atoms with Crippen molar-refractivity contribution in [2.24, 2.45) is 11.8 Å². The number of carboxylic acid groups (broad SMARTS) is 1. The highest BCUT2D eigenvalue weighted by Gasteiger charge is 2.33. The fourth-order valence-electron chi connectivity index (χ4n) is 4.77. The Morgan fingerprint density at radius 2 is 1.74 bits per heavy atom. The highest BCUT2D eigenvalue weighted by molar-refractivity contribution is 5.74. The van der Waals surface area contributed by atoms with Gasteiger partial charge in [0.2, 0.25) is 0 Å². The second kappa shape index (κ2) is 10.3. The maximum atomic E-state index is 12.7. The molecule has 0 spiro atoms. The van der Waals surface area contributed by atoms with Gasteiger partial charge in [-0.25, -0.2) is 4.79 Å². The Morgan fingerprint density at radius 3 is 2.44 bits per heavy atom. The molecule has 2 amide bonds. The number of hydrogen-bond donors (Lipinski definition) is 2. The third-order valence-corrected chi connectivity index (χ3v) is 6.47. The lowest BCUT2D eigenvalue weighted by Crippen LogP contribution is -2.51. The molecule has 7 heteroatoms. The van der Waals surface area contributed by atoms with E-state index in [9.17, 15) is 14.7 Å². The van der Waals surface area contributed by atoms with Gasteiger partial charge in [0.25, 0.3) is 0 Å². The number of piperidine rings is 1. The van der Waals surface area contributed by atoms with Gasteiger partial charge in [-0.05, 0) is 44.1 Å². The van der Waals surface area contributed by atoms with Crippen LogP contribution in [0, 0.1) is 11.8 Å². The molecule has 0 aromatic heterocycles. The average molecular weight is 382 g/mol. The van der Waals surface area contributed by atoms with Crippen LogP contribution < -0.4 is 5.32 Å². The van der Waals surface area contributed by atoms with Gasteiger partial charge in [0.05, 0.1) is 13.2 Å². The van der Waals surface area contributed by atoms with Crippen molar-refractivity contribution in [3.63, 3.8) is 0 Å². The number of amides is 2. The Hall–Kier alpha value is -1.34. The smallest absolute Gasteiger partial charge is 0.317 e. The molecule has 2 atom stereocenters. The van der Waals surface area contributed by atoms with E-state index in [4.69, 9.17) is 4.74 Å². The summed E-state index contributed by atoms with van der Waals surface area (Å²) >= 11 is 0. The third kappa shape index (κ3) is 6.35. The number of nitrogens with one attached hydrogen (secondary N) is 1. The van der Waals surface area contributed by atoms with Crippen LogP contribution in [0.1, 0.15) is 51.4 Å². The lowest BCUT2D eigenvalue weighted by atomic mass is 9.81. The molecule has 2 unspecified atom stereocenters. The van der Waals surface area contributed by atoms with E-state index in [1.54, 1.807) is 0 Å². The first-order valence-corrected chi connectivity index (χ1v) is 10.7. The molecular formula is C20H35N3O4. The molecule has 2 saturated heterocycles. The molecule has 1 saturated carbocycles. The van der Waals surface area contributed by atoms with Gasteiger partial charge >= 0.3 is 12.0 Å². The Morgan fingerprint density at radius 1 is 1.00 bits per heavy atom. The molecule has 7 nitrogen and oxygen atoms in total. The Balaban J connectivity index is 1.52. The normalized spacial score (nSPS) is 28.1. The summed E-state index contributed by atoms with van der Waals surface area (Å²) in [5.41, 5.74) is 0. The van der Waals surface area contributed by atoms with Crippen molar-refractivity contribution in [3.05, 3.63) is 0 Å². The number of ether oxygens (including phenoxy) is 1. The second-order valence-electron chi connectivity index (χ2n) is 8.38. The number of hydrogen-bond acceptors (Lipinski definition) is 4. The Labute approximate surface area is 162 Å². The Kier molecular flexibility index (Phi) is 7.76. The number of urea groups is 1. The second-order valence-corrected chi connectivity index (χ2v) is 8.38. The summed E-state index contributed by atoms with van der Waals surface area (Å²) in [6.45, 7) is 5.76. The van der Waals surface area contributed by atoms with Crippen molar-refractivity contribution in [3.8, 4) is 0 Å². The van der Waals surface area contributed by atoms with Gasteiger partial charge in [-0.1, -0.05) is 19.3 Å². The van der Waals surface area contributed by atoms with E-state index in [0.29, 0.717) is 19.1 Å². The van der Waals surface area contributed by atoms with Crippen LogP contribution in [0.25, 0.3) is 0 Å². The van der Waals surface area contributed by atoms with Crippen molar-refractivity contribution in [1.82, 2.24) is 15.1 Å². The molecule has 2 aliphatic heterocycles. The standard InChI is InChI=1S/C20H35N3O4/c24-19(25)14-16-7-9-23(20(26)21-18-4-2-1-3-5-18)15-17(16)6-8-22-10-12-27-13-11-22/h16-18H,1-15H2,(H,21,26)(H,24,25). The van der Waals surface area contributed by atoms with Crippen molar-refractivity contribution in [2.45, 2.75) is 57.4 Å². The predicted octanol–water partition coefficient (Wildman–Crippen LogP) is 2.16. The minimum Gasteiger partial charge on any atom is -0.481 e. The number of likely N-dealkylation sites (tertiary alicyclic amines) is 1. The number of carbonyl (C=O) groups is 2. The van der Waals surface area contributed by atoms with E-state index < -0.39 is 5.97 Å². The van der Waals surface area contributed by atoms with Crippen LogP contribution in [-0.4, -0.2) is 78.9 Å². The first-order chi connectivity index (χ1) is 13.1. The first kappa shape index (κ1) is 20.4. The topological polar surface area (TPSA) is 82.1 Å². The quantitative estimate of drug-likeness (QED) is 0.737. The zero-order valence-electron chi connectivity index (χ0n) is 16.4. The van der Waals surface area contributed by atoms with E-state index in [1.807, 2.05) is 4.90 Å². The molecule has 3 aliphatic rings. The molecule has 0 aromatic rings. The van der Waals surface area contributed by atoms with E-state index in [0.717, 1.165) is 58.5 Å². The molecule has 154 valence electrons. The van der Waals surface area contributed by atoms with Crippen LogP contribution in [0.4, 0.5) is 4.79 Å². The SMILES string of the molecule is O=C(O)CC1CCN(C(=O)NC2CCCCC2)CC1CCN1CCOCC1. The molecule has 1 aliphatic carbocycles. The summed E-state index contributed by atoms with van der Waals surface area (Å²) in [7, 11) is 0. The third-order valence-electron chi connectivity index (χ3n) is 6.47. The highest BCUT2D eigenvalue weighted by atomic mass is 16.5. The minimum atomic E-state index is -0.725. The zero-order valence-corrected chi connectivity index (χ0v) is 16.4. The van der Waals surface area contributed by atoms with E-state index in [2.05, 4.69) is 10.2 Å². The van der Waals surface area contributed by atoms with Crippen molar-refractivity contribution >= 4 is 12.0 Å². The van der Waals surface area contributed by atoms with E-state index in [-0.39, 0.29) is 24.3 Å².